The van der Waals surface area contributed by atoms with E-state index in [1.807, 2.05) is 53.8 Å². The molecule has 0 fully saturated rings. The van der Waals surface area contributed by atoms with E-state index < -0.39 is 0 Å². The average Bonchev–Trinajstić information content (AvgIpc) is 3.79. The first kappa shape index (κ1) is 31.1. The number of benzene rings is 8. The highest BCUT2D eigenvalue weighted by molar-refractivity contribution is 7.25. The Labute approximate surface area is 310 Å². The van der Waals surface area contributed by atoms with Gasteiger partial charge in [-0.25, -0.2) is 9.98 Å². The lowest BCUT2D eigenvalue weighted by molar-refractivity contribution is 0.669. The van der Waals surface area contributed by atoms with Gasteiger partial charge in [0.15, 0.2) is 5.84 Å². The van der Waals surface area contributed by atoms with Crippen molar-refractivity contribution >= 4 is 92.2 Å². The summed E-state index contributed by atoms with van der Waals surface area (Å²) in [5, 5.41) is 9.49. The van der Waals surface area contributed by atoms with E-state index in [-0.39, 0.29) is 0 Å². The van der Waals surface area contributed by atoms with Gasteiger partial charge in [0.25, 0.3) is 0 Å². The van der Waals surface area contributed by atoms with E-state index in [1.165, 1.54) is 36.3 Å². The standard InChI is InChI=1S/C49H32N2OS/c1-30(32-12-4-3-5-13-32)50-49(36-25-26-39-34(28-36)23-22-33-14-6-7-15-38(33)39)51-31(2)37-17-10-19-43-47(37)48-40(18-11-20-44(48)52-43)35-24-27-42-41-16-8-9-21-45(41)53-46(42)29-35/h3-29H,1H2,2H3. The molecule has 53 heavy (non-hydrogen) atoms. The third-order valence-electron chi connectivity index (χ3n) is 10.2. The van der Waals surface area contributed by atoms with E-state index in [9.17, 15) is 0 Å². The number of furan rings is 1. The normalized spacial score (nSPS) is 12.5. The van der Waals surface area contributed by atoms with Gasteiger partial charge in [-0.15, -0.1) is 11.3 Å². The molecule has 4 heteroatoms. The summed E-state index contributed by atoms with van der Waals surface area (Å²) in [4.78, 5) is 10.4. The Bertz CT molecular complexity index is 3140. The van der Waals surface area contributed by atoms with Crippen LogP contribution in [0.5, 0.6) is 0 Å². The fourth-order valence-corrected chi connectivity index (χ4v) is 8.80. The molecule has 8 aromatic carbocycles. The maximum atomic E-state index is 6.54. The highest BCUT2D eigenvalue weighted by Crippen LogP contribution is 2.41. The van der Waals surface area contributed by atoms with Crippen LogP contribution in [0.3, 0.4) is 0 Å². The van der Waals surface area contributed by atoms with Crippen molar-refractivity contribution in [2.24, 2.45) is 9.98 Å². The molecule has 250 valence electrons. The lowest BCUT2D eigenvalue weighted by atomic mass is 9.95. The number of thiophene rings is 1. The highest BCUT2D eigenvalue weighted by atomic mass is 32.1. The highest BCUT2D eigenvalue weighted by Gasteiger charge is 2.18. The molecule has 0 saturated carbocycles. The van der Waals surface area contributed by atoms with Gasteiger partial charge in [0.2, 0.25) is 0 Å². The summed E-state index contributed by atoms with van der Waals surface area (Å²) in [5.41, 5.74) is 8.34. The summed E-state index contributed by atoms with van der Waals surface area (Å²) < 4.78 is 9.11. The van der Waals surface area contributed by atoms with Crippen LogP contribution in [-0.2, 0) is 0 Å². The molecule has 3 nitrogen and oxygen atoms in total. The lowest BCUT2D eigenvalue weighted by Crippen LogP contribution is -2.05. The van der Waals surface area contributed by atoms with Crippen molar-refractivity contribution in [1.29, 1.82) is 0 Å². The van der Waals surface area contributed by atoms with Gasteiger partial charge in [-0.1, -0.05) is 140 Å². The van der Waals surface area contributed by atoms with E-state index in [4.69, 9.17) is 14.4 Å². The second-order valence-electron chi connectivity index (χ2n) is 13.4. The molecule has 0 radical (unpaired) electrons. The second kappa shape index (κ2) is 12.6. The van der Waals surface area contributed by atoms with Crippen LogP contribution in [0.4, 0.5) is 0 Å². The molecule has 0 bridgehead atoms. The summed E-state index contributed by atoms with van der Waals surface area (Å²) in [5.74, 6) is 0.603. The number of fused-ring (bicyclic) bond motifs is 9. The van der Waals surface area contributed by atoms with Crippen LogP contribution >= 0.6 is 11.3 Å². The van der Waals surface area contributed by atoms with Crippen LogP contribution in [0, 0.1) is 0 Å². The zero-order valence-corrected chi connectivity index (χ0v) is 29.8. The second-order valence-corrected chi connectivity index (χ2v) is 14.5. The van der Waals surface area contributed by atoms with Gasteiger partial charge in [-0.3, -0.25) is 0 Å². The van der Waals surface area contributed by atoms with Crippen LogP contribution < -0.4 is 0 Å². The van der Waals surface area contributed by atoms with Crippen molar-refractivity contribution < 1.29 is 4.42 Å². The molecular formula is C49H32N2OS. The molecule has 10 rings (SSSR count). The van der Waals surface area contributed by atoms with E-state index in [2.05, 4.69) is 135 Å². The smallest absolute Gasteiger partial charge is 0.160 e. The van der Waals surface area contributed by atoms with Crippen LogP contribution in [0.1, 0.15) is 23.6 Å². The fourth-order valence-electron chi connectivity index (χ4n) is 7.65. The first-order valence-electron chi connectivity index (χ1n) is 17.8. The molecule has 0 atom stereocenters. The molecule has 10 aromatic rings. The van der Waals surface area contributed by atoms with Crippen LogP contribution in [0.2, 0.25) is 0 Å². The first-order valence-corrected chi connectivity index (χ1v) is 18.6. The Kier molecular flexibility index (Phi) is 7.38. The van der Waals surface area contributed by atoms with Crippen molar-refractivity contribution in [2.75, 3.05) is 0 Å². The predicted octanol–water partition coefficient (Wildman–Crippen LogP) is 13.9. The van der Waals surface area contributed by atoms with Gasteiger partial charge in [-0.2, -0.15) is 0 Å². The Morgan fingerprint density at radius 1 is 0.528 bits per heavy atom. The van der Waals surface area contributed by atoms with Crippen molar-refractivity contribution in [1.82, 2.24) is 0 Å². The van der Waals surface area contributed by atoms with Crippen molar-refractivity contribution in [2.45, 2.75) is 6.92 Å². The number of nitrogens with zero attached hydrogens (tertiary/aromatic N) is 2. The summed E-state index contributed by atoms with van der Waals surface area (Å²) in [6.45, 7) is 6.43. The minimum absolute atomic E-state index is 0.603. The Morgan fingerprint density at radius 3 is 2.11 bits per heavy atom. The van der Waals surface area contributed by atoms with E-state index in [0.29, 0.717) is 11.5 Å². The average molecular weight is 697 g/mol. The number of aliphatic imine (C=N–C) groups is 2. The summed E-state index contributed by atoms with van der Waals surface area (Å²) in [6, 6.07) is 57.4. The number of amidine groups is 1. The molecule has 0 saturated heterocycles. The van der Waals surface area contributed by atoms with Gasteiger partial charge in [-0.05, 0) is 75.5 Å². The van der Waals surface area contributed by atoms with Crippen molar-refractivity contribution in [3.05, 3.63) is 187 Å². The molecule has 2 heterocycles. The van der Waals surface area contributed by atoms with Gasteiger partial charge in [0.1, 0.15) is 11.2 Å². The van der Waals surface area contributed by atoms with E-state index >= 15 is 0 Å². The minimum Gasteiger partial charge on any atom is -0.456 e. The number of rotatable bonds is 5. The number of hydrogen-bond acceptors (Lipinski definition) is 3. The maximum absolute atomic E-state index is 6.54. The molecule has 0 amide bonds. The SMILES string of the molecule is C=C(N=C(N=C(C)c1cccc2oc3cccc(-c4ccc5c(c4)sc4ccccc45)c3c12)c1ccc2c(ccc3ccccc32)c1)c1ccccc1. The zero-order valence-electron chi connectivity index (χ0n) is 29.0. The molecule has 0 spiro atoms. The maximum Gasteiger partial charge on any atom is 0.160 e. The minimum atomic E-state index is 0.603. The van der Waals surface area contributed by atoms with Gasteiger partial charge >= 0.3 is 0 Å². The summed E-state index contributed by atoms with van der Waals surface area (Å²) in [7, 11) is 0. The molecule has 2 aromatic heterocycles. The van der Waals surface area contributed by atoms with Gasteiger partial charge in [0.05, 0.1) is 5.70 Å². The summed E-state index contributed by atoms with van der Waals surface area (Å²) in [6.07, 6.45) is 0. The molecular weight excluding hydrogens is 665 g/mol. The van der Waals surface area contributed by atoms with Gasteiger partial charge < -0.3 is 4.42 Å². The fraction of sp³-hybridized carbons (Fsp3) is 0.0204. The first-order chi connectivity index (χ1) is 26.1. The van der Waals surface area contributed by atoms with Crippen LogP contribution in [0.25, 0.3) is 80.5 Å². The molecule has 0 N–H and O–H groups in total. The monoisotopic (exact) mass is 696 g/mol. The molecule has 0 unspecified atom stereocenters. The Hall–Kier alpha value is -6.62. The van der Waals surface area contributed by atoms with E-state index in [1.54, 1.807) is 0 Å². The Balaban J connectivity index is 1.15. The molecule has 0 aliphatic rings. The number of hydrogen-bond donors (Lipinski definition) is 0. The van der Waals surface area contributed by atoms with Crippen LogP contribution in [-0.4, -0.2) is 11.5 Å². The molecule has 0 aliphatic carbocycles. The van der Waals surface area contributed by atoms with Crippen LogP contribution in [0.15, 0.2) is 185 Å². The molecule has 0 aliphatic heterocycles. The topological polar surface area (TPSA) is 37.9 Å². The quantitative estimate of drug-likeness (QED) is 0.100. The predicted molar refractivity (Wildman–Crippen MR) is 228 cm³/mol. The Morgan fingerprint density at radius 2 is 1.23 bits per heavy atom. The largest absolute Gasteiger partial charge is 0.456 e. The third kappa shape index (κ3) is 5.35. The lowest BCUT2D eigenvalue weighted by Gasteiger charge is -2.11. The van der Waals surface area contributed by atoms with Gasteiger partial charge in [0, 0.05) is 47.8 Å². The van der Waals surface area contributed by atoms with Crippen molar-refractivity contribution in [3.63, 3.8) is 0 Å². The van der Waals surface area contributed by atoms with Crippen molar-refractivity contribution in [3.8, 4) is 11.1 Å². The zero-order chi connectivity index (χ0) is 35.5. The third-order valence-corrected chi connectivity index (χ3v) is 11.4. The summed E-state index contributed by atoms with van der Waals surface area (Å²) >= 11 is 1.84. The van der Waals surface area contributed by atoms with E-state index in [0.717, 1.165) is 60.9 Å².